The summed E-state index contributed by atoms with van der Waals surface area (Å²) < 4.78 is 30.0. The Balaban J connectivity index is 1.75. The van der Waals surface area contributed by atoms with Gasteiger partial charge in [0.25, 0.3) is 0 Å². The Hall–Kier alpha value is -0.930. The Kier molecular flexibility index (Phi) is 15.2. The van der Waals surface area contributed by atoms with E-state index in [9.17, 15) is 30.3 Å². The molecule has 3 fully saturated rings. The lowest BCUT2D eigenvalue weighted by Crippen LogP contribution is -2.68. The Labute approximate surface area is 243 Å². The molecular weight excluding hydrogens is 538 g/mol. The molecule has 0 bridgehead atoms. The molecule has 10 atom stereocenters. The maximum Gasteiger partial charge on any atom is 0.217 e. The van der Waals surface area contributed by atoms with Crippen molar-refractivity contribution >= 4 is 5.91 Å². The van der Waals surface area contributed by atoms with Crippen molar-refractivity contribution in [1.82, 2.24) is 5.32 Å². The van der Waals surface area contributed by atoms with E-state index >= 15 is 0 Å². The van der Waals surface area contributed by atoms with Crippen LogP contribution in [0.5, 0.6) is 0 Å². The lowest BCUT2D eigenvalue weighted by molar-refractivity contribution is -0.350. The van der Waals surface area contributed by atoms with Gasteiger partial charge in [0.05, 0.1) is 19.8 Å². The van der Waals surface area contributed by atoms with E-state index in [0.29, 0.717) is 19.1 Å². The van der Waals surface area contributed by atoms with Gasteiger partial charge in [0.1, 0.15) is 48.8 Å². The molecule has 0 aromatic heterocycles. The SMILES string of the molecule is CCCCCCCCO[C@@H]1O[C@H](CO)[C@@H](O)[C@H](O[C@@H]2O[C@H](CO)[C@H](O)[C@H](O)[C@H]2OCC2CCCCC2)[C@H]1NC(C)=O. The number of nitrogens with one attached hydrogen (secondary N) is 1. The molecule has 3 rings (SSSR count). The predicted molar refractivity (Wildman–Crippen MR) is 148 cm³/mol. The summed E-state index contributed by atoms with van der Waals surface area (Å²) in [5.41, 5.74) is 0. The first-order valence-corrected chi connectivity index (χ1v) is 15.5. The number of carbonyl (C=O) groups is 1. The Morgan fingerprint density at radius 1 is 0.805 bits per heavy atom. The number of rotatable bonds is 16. The van der Waals surface area contributed by atoms with Crippen LogP contribution in [0, 0.1) is 5.92 Å². The van der Waals surface area contributed by atoms with Gasteiger partial charge >= 0.3 is 0 Å². The maximum absolute atomic E-state index is 12.2. The molecule has 0 aromatic rings. The lowest BCUT2D eigenvalue weighted by Gasteiger charge is -2.48. The van der Waals surface area contributed by atoms with Gasteiger partial charge in [-0.1, -0.05) is 58.3 Å². The number of carbonyl (C=O) groups excluding carboxylic acids is 1. The number of aliphatic hydroxyl groups excluding tert-OH is 5. The molecule has 0 radical (unpaired) electrons. The number of aliphatic hydroxyl groups is 5. The van der Waals surface area contributed by atoms with Crippen molar-refractivity contribution in [3.8, 4) is 0 Å². The number of amides is 1. The van der Waals surface area contributed by atoms with Gasteiger partial charge in [0.15, 0.2) is 12.6 Å². The van der Waals surface area contributed by atoms with Crippen LogP contribution in [0.15, 0.2) is 0 Å². The number of hydrogen-bond donors (Lipinski definition) is 6. The normalized spacial score (nSPS) is 36.8. The summed E-state index contributed by atoms with van der Waals surface area (Å²) in [4.78, 5) is 12.2. The van der Waals surface area contributed by atoms with Crippen LogP contribution in [0.4, 0.5) is 0 Å². The van der Waals surface area contributed by atoms with E-state index in [4.69, 9.17) is 23.7 Å². The van der Waals surface area contributed by atoms with Gasteiger partial charge in [0, 0.05) is 13.5 Å². The average molecular weight is 592 g/mol. The molecule has 6 N–H and O–H groups in total. The third-order valence-corrected chi connectivity index (χ3v) is 8.37. The first-order chi connectivity index (χ1) is 19.8. The second kappa shape index (κ2) is 18.0. The van der Waals surface area contributed by atoms with Crippen molar-refractivity contribution in [1.29, 1.82) is 0 Å². The van der Waals surface area contributed by atoms with E-state index in [1.807, 2.05) is 0 Å². The quantitative estimate of drug-likeness (QED) is 0.140. The second-order valence-corrected chi connectivity index (χ2v) is 11.7. The molecule has 0 spiro atoms. The van der Waals surface area contributed by atoms with Gasteiger partial charge < -0.3 is 54.5 Å². The summed E-state index contributed by atoms with van der Waals surface area (Å²) in [7, 11) is 0. The lowest BCUT2D eigenvalue weighted by atomic mass is 9.90. The third kappa shape index (κ3) is 10.1. The first-order valence-electron chi connectivity index (χ1n) is 15.5. The molecule has 2 heterocycles. The molecule has 1 aliphatic carbocycles. The van der Waals surface area contributed by atoms with E-state index in [1.165, 1.54) is 19.8 Å². The van der Waals surface area contributed by atoms with Crippen molar-refractivity contribution in [3.05, 3.63) is 0 Å². The van der Waals surface area contributed by atoms with E-state index in [1.54, 1.807) is 0 Å². The number of hydrogen-bond acceptors (Lipinski definition) is 11. The molecule has 1 saturated carbocycles. The molecule has 3 aliphatic rings. The Morgan fingerprint density at radius 3 is 2.10 bits per heavy atom. The van der Waals surface area contributed by atoms with Crippen LogP contribution in [0.1, 0.15) is 84.5 Å². The largest absolute Gasteiger partial charge is 0.394 e. The highest BCUT2D eigenvalue weighted by molar-refractivity contribution is 5.73. The van der Waals surface area contributed by atoms with Crippen molar-refractivity contribution < 1.29 is 54.0 Å². The number of ether oxygens (including phenoxy) is 5. The minimum atomic E-state index is -1.43. The van der Waals surface area contributed by atoms with Gasteiger partial charge in [-0.05, 0) is 25.2 Å². The molecule has 41 heavy (non-hydrogen) atoms. The van der Waals surface area contributed by atoms with Crippen LogP contribution in [-0.2, 0) is 28.5 Å². The van der Waals surface area contributed by atoms with Crippen LogP contribution in [0.3, 0.4) is 0 Å². The van der Waals surface area contributed by atoms with Gasteiger partial charge in [-0.2, -0.15) is 0 Å². The Morgan fingerprint density at radius 2 is 1.44 bits per heavy atom. The highest BCUT2D eigenvalue weighted by atomic mass is 16.7. The fourth-order valence-corrected chi connectivity index (χ4v) is 5.94. The molecule has 0 unspecified atom stereocenters. The van der Waals surface area contributed by atoms with Crippen LogP contribution in [0.2, 0.25) is 0 Å². The fraction of sp³-hybridized carbons (Fsp3) is 0.966. The van der Waals surface area contributed by atoms with Crippen molar-refractivity contribution in [2.75, 3.05) is 26.4 Å². The highest BCUT2D eigenvalue weighted by Gasteiger charge is 2.52. The fourth-order valence-electron chi connectivity index (χ4n) is 5.94. The van der Waals surface area contributed by atoms with E-state index < -0.39 is 80.5 Å². The van der Waals surface area contributed by atoms with Crippen molar-refractivity contribution in [2.45, 2.75) is 146 Å². The molecule has 12 nitrogen and oxygen atoms in total. The topological polar surface area (TPSA) is 176 Å². The van der Waals surface area contributed by atoms with Gasteiger partial charge in [-0.25, -0.2) is 0 Å². The molecule has 12 heteroatoms. The Bertz CT molecular complexity index is 740. The van der Waals surface area contributed by atoms with Crippen molar-refractivity contribution in [2.24, 2.45) is 5.92 Å². The zero-order valence-electron chi connectivity index (χ0n) is 24.6. The average Bonchev–Trinajstić information content (AvgIpc) is 2.97. The van der Waals surface area contributed by atoms with Gasteiger partial charge in [0.2, 0.25) is 5.91 Å². The van der Waals surface area contributed by atoms with Crippen LogP contribution < -0.4 is 5.32 Å². The summed E-state index contributed by atoms with van der Waals surface area (Å²) in [5, 5.41) is 55.1. The van der Waals surface area contributed by atoms with E-state index in [-0.39, 0.29) is 0 Å². The summed E-state index contributed by atoms with van der Waals surface area (Å²) in [6.07, 6.45) is 0.567. The van der Waals surface area contributed by atoms with Gasteiger partial charge in [-0.3, -0.25) is 4.79 Å². The molecule has 240 valence electrons. The predicted octanol–water partition coefficient (Wildman–Crippen LogP) is 0.736. The minimum Gasteiger partial charge on any atom is -0.394 e. The van der Waals surface area contributed by atoms with Gasteiger partial charge in [-0.15, -0.1) is 0 Å². The third-order valence-electron chi connectivity index (χ3n) is 8.37. The second-order valence-electron chi connectivity index (χ2n) is 11.7. The zero-order valence-corrected chi connectivity index (χ0v) is 24.6. The number of unbranched alkanes of at least 4 members (excludes halogenated alkanes) is 5. The molecular formula is C29H53NO11. The molecule has 2 aliphatic heterocycles. The monoisotopic (exact) mass is 591 g/mol. The molecule has 2 saturated heterocycles. The highest BCUT2D eigenvalue weighted by Crippen LogP contribution is 2.32. The van der Waals surface area contributed by atoms with Crippen LogP contribution in [-0.4, -0.2) is 119 Å². The summed E-state index contributed by atoms with van der Waals surface area (Å²) in [6.45, 7) is 3.04. The van der Waals surface area contributed by atoms with Crippen LogP contribution >= 0.6 is 0 Å². The summed E-state index contributed by atoms with van der Waals surface area (Å²) >= 11 is 0. The minimum absolute atomic E-state index is 0.295. The summed E-state index contributed by atoms with van der Waals surface area (Å²) in [6, 6.07) is -0.982. The maximum atomic E-state index is 12.2. The molecule has 1 amide bonds. The zero-order chi connectivity index (χ0) is 29.8. The smallest absolute Gasteiger partial charge is 0.217 e. The van der Waals surface area contributed by atoms with E-state index in [2.05, 4.69) is 12.2 Å². The first kappa shape index (κ1) is 34.6. The van der Waals surface area contributed by atoms with E-state index in [0.717, 1.165) is 57.8 Å². The standard InChI is InChI=1S/C29H53NO11/c1-3-4-5-6-7-11-14-37-28-22(30-18(2)33)26(24(35)21(16-32)39-28)41-29-27(25(36)23(34)20(15-31)40-29)38-17-19-12-9-8-10-13-19/h19-29,31-32,34-36H,3-17H2,1-2H3,(H,30,33)/t20-,21-,22-,23+,24-,25+,26-,27-,28-,29+/m1/s1. The molecule has 0 aromatic carbocycles. The van der Waals surface area contributed by atoms with Crippen molar-refractivity contribution in [3.63, 3.8) is 0 Å². The summed E-state index contributed by atoms with van der Waals surface area (Å²) in [5.74, 6) is -0.114. The van der Waals surface area contributed by atoms with Crippen LogP contribution in [0.25, 0.3) is 0 Å².